The molecule has 3 aliphatic rings. The van der Waals surface area contributed by atoms with Crippen molar-refractivity contribution < 1.29 is 17.9 Å². The van der Waals surface area contributed by atoms with E-state index in [2.05, 4.69) is 4.90 Å². The van der Waals surface area contributed by atoms with E-state index in [4.69, 9.17) is 9.47 Å². The van der Waals surface area contributed by atoms with Gasteiger partial charge in [-0.3, -0.25) is 0 Å². The van der Waals surface area contributed by atoms with Gasteiger partial charge in [0.15, 0.2) is 0 Å². The maximum atomic E-state index is 12.2. The predicted octanol–water partition coefficient (Wildman–Crippen LogP) is 0.139. The molecule has 2 atom stereocenters. The Morgan fingerprint density at radius 1 is 1.26 bits per heavy atom. The second-order valence-corrected chi connectivity index (χ2v) is 9.26. The van der Waals surface area contributed by atoms with Crippen LogP contribution < -0.4 is 0 Å². The molecule has 0 amide bonds. The van der Waals surface area contributed by atoms with Gasteiger partial charge in [-0.15, -0.1) is 0 Å². The van der Waals surface area contributed by atoms with E-state index in [-0.39, 0.29) is 11.7 Å². The molecule has 0 aromatic carbocycles. The Bertz CT molecular complexity index is 507. The Morgan fingerprint density at radius 3 is 2.70 bits per heavy atom. The highest BCUT2D eigenvalue weighted by atomic mass is 32.2. The van der Waals surface area contributed by atoms with E-state index in [0.29, 0.717) is 19.7 Å². The van der Waals surface area contributed by atoms with Crippen LogP contribution in [0.4, 0.5) is 0 Å². The summed E-state index contributed by atoms with van der Waals surface area (Å²) in [4.78, 5) is 2.44. The van der Waals surface area contributed by atoms with E-state index >= 15 is 0 Å². The summed E-state index contributed by atoms with van der Waals surface area (Å²) in [6.45, 7) is 5.66. The summed E-state index contributed by atoms with van der Waals surface area (Å²) in [5.41, 5.74) is -0.346. The van der Waals surface area contributed by atoms with E-state index in [1.807, 2.05) is 0 Å². The van der Waals surface area contributed by atoms with Gasteiger partial charge in [0.05, 0.1) is 24.9 Å². The van der Waals surface area contributed by atoms with Crippen LogP contribution in [0.2, 0.25) is 0 Å². The molecule has 8 heteroatoms. The van der Waals surface area contributed by atoms with Gasteiger partial charge in [0.1, 0.15) is 0 Å². The lowest BCUT2D eigenvalue weighted by Crippen LogP contribution is -2.41. The molecule has 134 valence electrons. The molecule has 3 heterocycles. The highest BCUT2D eigenvalue weighted by Crippen LogP contribution is 2.37. The van der Waals surface area contributed by atoms with Gasteiger partial charge in [-0.25, -0.2) is 0 Å². The standard InChI is InChI=1S/C15H29N3O4S/c1-16(2)23(19,20)18-8-5-15(13-18)11-14(12-22-15)21-10-9-17-6-3-4-7-17/h14H,3-13H2,1-2H3/t14-,15+/m1/s1. The fraction of sp³-hybridized carbons (Fsp3) is 1.00. The molecule has 0 aromatic heterocycles. The van der Waals surface area contributed by atoms with Gasteiger partial charge in [0.25, 0.3) is 10.2 Å². The molecule has 0 saturated carbocycles. The molecule has 0 aromatic rings. The van der Waals surface area contributed by atoms with Crippen LogP contribution in [0.5, 0.6) is 0 Å². The normalized spacial score (nSPS) is 33.4. The minimum Gasteiger partial charge on any atom is -0.374 e. The summed E-state index contributed by atoms with van der Waals surface area (Å²) >= 11 is 0. The molecule has 23 heavy (non-hydrogen) atoms. The molecule has 3 rings (SSSR count). The number of ether oxygens (including phenoxy) is 2. The number of rotatable bonds is 6. The van der Waals surface area contributed by atoms with E-state index in [1.165, 1.54) is 34.5 Å². The number of hydrogen-bond donors (Lipinski definition) is 0. The van der Waals surface area contributed by atoms with Crippen molar-refractivity contribution in [3.05, 3.63) is 0 Å². The van der Waals surface area contributed by atoms with Crippen LogP contribution in [0.1, 0.15) is 25.7 Å². The van der Waals surface area contributed by atoms with Gasteiger partial charge in [-0.1, -0.05) is 0 Å². The zero-order valence-electron chi connectivity index (χ0n) is 14.2. The lowest BCUT2D eigenvalue weighted by Gasteiger charge is -2.25. The molecule has 3 fully saturated rings. The molecule has 3 aliphatic heterocycles. The summed E-state index contributed by atoms with van der Waals surface area (Å²) in [5.74, 6) is 0. The second-order valence-electron chi connectivity index (χ2n) is 7.11. The van der Waals surface area contributed by atoms with Crippen molar-refractivity contribution in [3.8, 4) is 0 Å². The fourth-order valence-corrected chi connectivity index (χ4v) is 4.97. The molecule has 0 aliphatic carbocycles. The number of nitrogens with zero attached hydrogens (tertiary/aromatic N) is 3. The van der Waals surface area contributed by atoms with E-state index < -0.39 is 10.2 Å². The van der Waals surface area contributed by atoms with Crippen molar-refractivity contribution in [1.29, 1.82) is 0 Å². The third kappa shape index (κ3) is 3.88. The van der Waals surface area contributed by atoms with Crippen molar-refractivity contribution in [2.45, 2.75) is 37.4 Å². The zero-order chi connectivity index (χ0) is 16.5. The van der Waals surface area contributed by atoms with Crippen LogP contribution in [-0.2, 0) is 19.7 Å². The van der Waals surface area contributed by atoms with Crippen LogP contribution in [0, 0.1) is 0 Å². The molecule has 0 unspecified atom stereocenters. The first kappa shape index (κ1) is 17.6. The monoisotopic (exact) mass is 347 g/mol. The highest BCUT2D eigenvalue weighted by Gasteiger charge is 2.49. The summed E-state index contributed by atoms with van der Waals surface area (Å²) in [7, 11) is -0.207. The van der Waals surface area contributed by atoms with E-state index in [9.17, 15) is 8.42 Å². The molecule has 7 nitrogen and oxygen atoms in total. The highest BCUT2D eigenvalue weighted by molar-refractivity contribution is 7.86. The molecule has 0 bridgehead atoms. The first-order chi connectivity index (χ1) is 10.9. The number of likely N-dealkylation sites (tertiary alicyclic amines) is 1. The molecular weight excluding hydrogens is 318 g/mol. The molecule has 1 spiro atoms. The van der Waals surface area contributed by atoms with Crippen LogP contribution in [0.3, 0.4) is 0 Å². The van der Waals surface area contributed by atoms with Gasteiger partial charge in [-0.2, -0.15) is 17.0 Å². The van der Waals surface area contributed by atoms with Crippen LogP contribution in [-0.4, -0.2) is 93.7 Å². The minimum absolute atomic E-state index is 0.0969. The average Bonchev–Trinajstić information content (AvgIpc) is 3.22. The Balaban J connectivity index is 1.46. The van der Waals surface area contributed by atoms with Crippen molar-refractivity contribution >= 4 is 10.2 Å². The molecule has 3 saturated heterocycles. The lowest BCUT2D eigenvalue weighted by molar-refractivity contribution is 0.00342. The van der Waals surface area contributed by atoms with Crippen LogP contribution in [0.25, 0.3) is 0 Å². The van der Waals surface area contributed by atoms with Gasteiger partial charge in [-0.05, 0) is 32.4 Å². The van der Waals surface area contributed by atoms with Gasteiger partial charge >= 0.3 is 0 Å². The van der Waals surface area contributed by atoms with Crippen LogP contribution >= 0.6 is 0 Å². The average molecular weight is 347 g/mol. The zero-order valence-corrected chi connectivity index (χ0v) is 15.1. The predicted molar refractivity (Wildman–Crippen MR) is 87.5 cm³/mol. The summed E-state index contributed by atoms with van der Waals surface area (Å²) in [6, 6.07) is 0. The quantitative estimate of drug-likeness (QED) is 0.684. The first-order valence-electron chi connectivity index (χ1n) is 8.57. The smallest absolute Gasteiger partial charge is 0.281 e. The Labute approximate surface area is 139 Å². The lowest BCUT2D eigenvalue weighted by atomic mass is 9.98. The number of hydrogen-bond acceptors (Lipinski definition) is 5. The fourth-order valence-electron chi connectivity index (χ4n) is 3.78. The van der Waals surface area contributed by atoms with Gasteiger partial charge < -0.3 is 14.4 Å². The molecular formula is C15H29N3O4S. The van der Waals surface area contributed by atoms with Gasteiger partial charge in [0, 0.05) is 40.2 Å². The maximum absolute atomic E-state index is 12.2. The largest absolute Gasteiger partial charge is 0.374 e. The first-order valence-corrected chi connectivity index (χ1v) is 9.97. The Kier molecular flexibility index (Phi) is 5.30. The topological polar surface area (TPSA) is 62.3 Å². The minimum atomic E-state index is -3.35. The van der Waals surface area contributed by atoms with Crippen molar-refractivity contribution in [2.75, 3.05) is 60.0 Å². The second kappa shape index (κ2) is 6.93. The SMILES string of the molecule is CN(C)S(=O)(=O)N1CC[C@]2(C[C@@H](OCCN3CCCC3)CO2)C1. The van der Waals surface area contributed by atoms with Crippen LogP contribution in [0.15, 0.2) is 0 Å². The molecule has 0 radical (unpaired) electrons. The summed E-state index contributed by atoms with van der Waals surface area (Å²) < 4.78 is 39.2. The third-order valence-corrected chi connectivity index (χ3v) is 7.09. The summed E-state index contributed by atoms with van der Waals surface area (Å²) in [5, 5.41) is 0. The van der Waals surface area contributed by atoms with Crippen molar-refractivity contribution in [2.24, 2.45) is 0 Å². The third-order valence-electron chi connectivity index (χ3n) is 5.20. The Morgan fingerprint density at radius 2 is 2.00 bits per heavy atom. The van der Waals surface area contributed by atoms with Crippen molar-refractivity contribution in [1.82, 2.24) is 13.5 Å². The van der Waals surface area contributed by atoms with Crippen molar-refractivity contribution in [3.63, 3.8) is 0 Å². The maximum Gasteiger partial charge on any atom is 0.281 e. The van der Waals surface area contributed by atoms with E-state index in [0.717, 1.165) is 26.0 Å². The Hall–Kier alpha value is -0.250. The van der Waals surface area contributed by atoms with E-state index in [1.54, 1.807) is 14.1 Å². The summed E-state index contributed by atoms with van der Waals surface area (Å²) in [6.07, 6.45) is 4.25. The van der Waals surface area contributed by atoms with Gasteiger partial charge in [0.2, 0.25) is 0 Å². The molecule has 0 N–H and O–H groups in total.